The Morgan fingerprint density at radius 2 is 1.61 bits per heavy atom. The normalized spacial score (nSPS) is 12.2. The van der Waals surface area contributed by atoms with E-state index in [1.54, 1.807) is 4.57 Å². The Bertz CT molecular complexity index is 1490. The zero-order chi connectivity index (χ0) is 23.5. The van der Waals surface area contributed by atoms with Crippen LogP contribution in [-0.2, 0) is 30.5 Å². The molecule has 0 saturated heterocycles. The summed E-state index contributed by atoms with van der Waals surface area (Å²) in [5.74, 6) is 0. The maximum absolute atomic E-state index is 12.6. The third-order valence-corrected chi connectivity index (χ3v) is 6.04. The second-order valence-electron chi connectivity index (χ2n) is 8.19. The van der Waals surface area contributed by atoms with Crippen LogP contribution in [0.2, 0.25) is 0 Å². The summed E-state index contributed by atoms with van der Waals surface area (Å²) in [5, 5.41) is 1.79. The summed E-state index contributed by atoms with van der Waals surface area (Å²) in [7, 11) is -0.778. The predicted molar refractivity (Wildman–Crippen MR) is 132 cm³/mol. The lowest BCUT2D eigenvalue weighted by molar-refractivity contribution is 0.620. The number of pyridine rings is 1. The second-order valence-corrected chi connectivity index (χ2v) is 8.66. The van der Waals surface area contributed by atoms with Crippen molar-refractivity contribution in [3.05, 3.63) is 100.0 Å². The second kappa shape index (κ2) is 9.42. The molecule has 5 rings (SSSR count). The molecule has 0 spiro atoms. The monoisotopic (exact) mass is 459 g/mol. The number of anilines is 1. The highest BCUT2D eigenvalue weighted by atomic mass is 32.2. The van der Waals surface area contributed by atoms with Crippen LogP contribution in [-0.4, -0.2) is 19.5 Å². The van der Waals surface area contributed by atoms with Crippen molar-refractivity contribution in [3.63, 3.8) is 0 Å². The van der Waals surface area contributed by atoms with Gasteiger partial charge in [-0.2, -0.15) is 13.2 Å². The van der Waals surface area contributed by atoms with Crippen molar-refractivity contribution in [1.82, 2.24) is 4.57 Å². The van der Waals surface area contributed by atoms with Crippen LogP contribution in [0.4, 0.5) is 5.69 Å². The molecule has 7 heteroatoms. The average molecular weight is 460 g/mol. The van der Waals surface area contributed by atoms with Gasteiger partial charge >= 0.3 is 10.5 Å². The molecular weight excluding hydrogens is 434 g/mol. The summed E-state index contributed by atoms with van der Waals surface area (Å²) in [6, 6.07) is 23.1. The number of rotatable bonds is 3. The molecule has 1 aliphatic rings. The molecule has 0 fully saturated rings. The van der Waals surface area contributed by atoms with Crippen molar-refractivity contribution in [2.24, 2.45) is 7.05 Å². The molecular formula is C26H25N3O3S. The molecule has 0 radical (unpaired) electrons. The summed E-state index contributed by atoms with van der Waals surface area (Å²) in [5.41, 5.74) is 7.75. The van der Waals surface area contributed by atoms with Gasteiger partial charge in [0.25, 0.3) is 5.56 Å². The molecule has 0 unspecified atom stereocenters. The summed E-state index contributed by atoms with van der Waals surface area (Å²) in [6.07, 6.45) is 3.06. The molecule has 2 heterocycles. The van der Waals surface area contributed by atoms with Crippen LogP contribution in [0.1, 0.15) is 16.7 Å². The van der Waals surface area contributed by atoms with E-state index in [-0.39, 0.29) is 5.56 Å². The minimum atomic E-state index is -2.61. The molecule has 1 aliphatic heterocycles. The van der Waals surface area contributed by atoms with Crippen LogP contribution in [0.25, 0.3) is 21.9 Å². The van der Waals surface area contributed by atoms with E-state index in [0.717, 1.165) is 35.8 Å². The first-order valence-corrected chi connectivity index (χ1v) is 11.7. The number of hydrogen-bond donors (Lipinski definition) is 1. The molecule has 0 amide bonds. The smallest absolute Gasteiger partial charge is 0.308 e. The third kappa shape index (κ3) is 4.73. The van der Waals surface area contributed by atoms with Crippen LogP contribution in [0.5, 0.6) is 0 Å². The van der Waals surface area contributed by atoms with Gasteiger partial charge in [0.05, 0.1) is 0 Å². The Kier molecular flexibility index (Phi) is 6.42. The molecule has 168 valence electrons. The minimum absolute atomic E-state index is 0.0490. The molecule has 4 aromatic rings. The van der Waals surface area contributed by atoms with Crippen molar-refractivity contribution >= 4 is 27.0 Å². The number of benzene rings is 3. The Balaban J connectivity index is 0.000000601. The SMILES string of the molecule is Cc1cc(-c2cn(C)c(=O)c3ccccc23)cc2c1CCN2Cc1ccccc1.N=S(=O)=O. The summed E-state index contributed by atoms with van der Waals surface area (Å²) < 4.78 is 24.5. The number of aryl methyl sites for hydroxylation is 2. The van der Waals surface area contributed by atoms with Crippen molar-refractivity contribution in [3.8, 4) is 11.1 Å². The zero-order valence-corrected chi connectivity index (χ0v) is 19.4. The van der Waals surface area contributed by atoms with Crippen molar-refractivity contribution in [1.29, 1.82) is 4.78 Å². The van der Waals surface area contributed by atoms with E-state index in [1.807, 2.05) is 31.4 Å². The Morgan fingerprint density at radius 1 is 0.970 bits per heavy atom. The van der Waals surface area contributed by atoms with Gasteiger partial charge in [-0.15, -0.1) is 0 Å². The standard InChI is InChI=1S/C26H24N2O.HNO2S/c1-18-14-20(24-17-27(2)26(29)23-11-7-6-10-22(23)24)15-25-21(18)12-13-28(25)16-19-8-4-3-5-9-19;1-4(2)3/h3-11,14-15,17H,12-13,16H2,1-2H3;1H. The average Bonchev–Trinajstić information content (AvgIpc) is 3.20. The molecule has 0 atom stereocenters. The first-order chi connectivity index (χ1) is 15.8. The van der Waals surface area contributed by atoms with E-state index >= 15 is 0 Å². The Hall–Kier alpha value is -3.71. The lowest BCUT2D eigenvalue weighted by atomic mass is 9.95. The lowest BCUT2D eigenvalue weighted by Gasteiger charge is -2.21. The number of aromatic nitrogens is 1. The van der Waals surface area contributed by atoms with Gasteiger partial charge in [0.2, 0.25) is 0 Å². The quantitative estimate of drug-likeness (QED) is 0.481. The first kappa shape index (κ1) is 22.5. The van der Waals surface area contributed by atoms with Gasteiger partial charge in [0.15, 0.2) is 0 Å². The van der Waals surface area contributed by atoms with E-state index in [2.05, 4.69) is 60.4 Å². The molecule has 1 aromatic heterocycles. The fourth-order valence-corrected chi connectivity index (χ4v) is 4.54. The predicted octanol–water partition coefficient (Wildman–Crippen LogP) is 4.70. The highest BCUT2D eigenvalue weighted by Gasteiger charge is 2.22. The van der Waals surface area contributed by atoms with Crippen molar-refractivity contribution in [2.75, 3.05) is 11.4 Å². The van der Waals surface area contributed by atoms with E-state index in [1.165, 1.54) is 27.9 Å². The number of fused-ring (bicyclic) bond motifs is 2. The largest absolute Gasteiger partial charge is 0.367 e. The highest BCUT2D eigenvalue weighted by molar-refractivity contribution is 7.60. The fraction of sp³-hybridized carbons (Fsp3) is 0.192. The van der Waals surface area contributed by atoms with Crippen LogP contribution in [0, 0.1) is 11.7 Å². The first-order valence-electron chi connectivity index (χ1n) is 10.7. The van der Waals surface area contributed by atoms with Crippen molar-refractivity contribution < 1.29 is 8.42 Å². The maximum atomic E-state index is 12.6. The maximum Gasteiger partial charge on any atom is 0.308 e. The van der Waals surface area contributed by atoms with E-state index in [9.17, 15) is 4.79 Å². The third-order valence-electron chi connectivity index (χ3n) is 6.04. The van der Waals surface area contributed by atoms with Crippen LogP contribution >= 0.6 is 0 Å². The van der Waals surface area contributed by atoms with E-state index in [4.69, 9.17) is 13.2 Å². The van der Waals surface area contributed by atoms with Crippen LogP contribution in [0.3, 0.4) is 0 Å². The summed E-state index contributed by atoms with van der Waals surface area (Å²) in [6.45, 7) is 4.17. The van der Waals surface area contributed by atoms with Crippen molar-refractivity contribution in [2.45, 2.75) is 19.9 Å². The van der Waals surface area contributed by atoms with Crippen LogP contribution < -0.4 is 10.5 Å². The molecule has 0 bridgehead atoms. The zero-order valence-electron chi connectivity index (χ0n) is 18.6. The molecule has 3 aromatic carbocycles. The number of nitrogens with zero attached hydrogens (tertiary/aromatic N) is 2. The lowest BCUT2D eigenvalue weighted by Crippen LogP contribution is -2.19. The Morgan fingerprint density at radius 3 is 2.30 bits per heavy atom. The molecule has 1 N–H and O–H groups in total. The van der Waals surface area contributed by atoms with Gasteiger partial charge in [-0.25, -0.2) is 0 Å². The fourth-order valence-electron chi connectivity index (χ4n) is 4.54. The van der Waals surface area contributed by atoms with Crippen LogP contribution in [0.15, 0.2) is 77.7 Å². The van der Waals surface area contributed by atoms with Gasteiger partial charge in [-0.05, 0) is 53.1 Å². The van der Waals surface area contributed by atoms with E-state index in [0.29, 0.717) is 0 Å². The molecule has 33 heavy (non-hydrogen) atoms. The molecule has 0 aliphatic carbocycles. The van der Waals surface area contributed by atoms with Gasteiger partial charge in [-0.3, -0.25) is 4.79 Å². The summed E-state index contributed by atoms with van der Waals surface area (Å²) in [4.78, 5) is 15.1. The van der Waals surface area contributed by atoms with Gasteiger partial charge in [0.1, 0.15) is 0 Å². The topological polar surface area (TPSA) is 83.2 Å². The van der Waals surface area contributed by atoms with Gasteiger partial charge < -0.3 is 9.47 Å². The minimum Gasteiger partial charge on any atom is -0.367 e. The Labute approximate surface area is 194 Å². The van der Waals surface area contributed by atoms with E-state index < -0.39 is 10.5 Å². The molecule has 0 saturated carbocycles. The van der Waals surface area contributed by atoms with Gasteiger partial charge in [0, 0.05) is 43.0 Å². The highest BCUT2D eigenvalue weighted by Crippen LogP contribution is 2.37. The number of hydrogen-bond acceptors (Lipinski definition) is 5. The summed E-state index contributed by atoms with van der Waals surface area (Å²) >= 11 is 0. The number of nitrogens with one attached hydrogen (secondary N) is 1. The molecule has 6 nitrogen and oxygen atoms in total. The van der Waals surface area contributed by atoms with Gasteiger partial charge in [-0.1, -0.05) is 54.6 Å².